The Morgan fingerprint density at radius 1 is 1.44 bits per heavy atom. The standard InChI is InChI=1S/C15H24N2O/c1-5-18-11-6-7-13-12(10-11)15(2)8-9-16(3)14(15)17(13)4/h6-7,10,12-14H,5,8-9H2,1-4H3. The van der Waals surface area contributed by atoms with Crippen molar-refractivity contribution in [1.82, 2.24) is 9.80 Å². The molecule has 3 heteroatoms. The Labute approximate surface area is 110 Å². The molecule has 0 aromatic carbocycles. The molecule has 2 aliphatic heterocycles. The quantitative estimate of drug-likeness (QED) is 0.744. The van der Waals surface area contributed by atoms with Crippen molar-refractivity contribution in [1.29, 1.82) is 0 Å². The van der Waals surface area contributed by atoms with Crippen LogP contribution in [-0.2, 0) is 4.74 Å². The van der Waals surface area contributed by atoms with E-state index in [2.05, 4.69) is 56.0 Å². The lowest BCUT2D eigenvalue weighted by Crippen LogP contribution is -2.43. The summed E-state index contributed by atoms with van der Waals surface area (Å²) in [6, 6.07) is 0.534. The number of allylic oxidation sites excluding steroid dienone is 1. The van der Waals surface area contributed by atoms with Crippen LogP contribution in [0, 0.1) is 11.3 Å². The van der Waals surface area contributed by atoms with Gasteiger partial charge in [-0.05, 0) is 46.1 Å². The molecule has 2 fully saturated rings. The minimum Gasteiger partial charge on any atom is -0.494 e. The predicted octanol–water partition coefficient (Wildman–Crippen LogP) is 2.07. The number of ether oxygens (including phenoxy) is 1. The summed E-state index contributed by atoms with van der Waals surface area (Å²) in [6.07, 6.45) is 8.68. The number of likely N-dealkylation sites (tertiary alicyclic amines) is 2. The van der Waals surface area contributed by atoms with E-state index in [4.69, 9.17) is 4.74 Å². The zero-order valence-corrected chi connectivity index (χ0v) is 11.9. The van der Waals surface area contributed by atoms with Crippen molar-refractivity contribution >= 4 is 0 Å². The van der Waals surface area contributed by atoms with Crippen LogP contribution in [0.25, 0.3) is 0 Å². The summed E-state index contributed by atoms with van der Waals surface area (Å²) < 4.78 is 5.69. The van der Waals surface area contributed by atoms with Crippen LogP contribution in [0.1, 0.15) is 20.3 Å². The smallest absolute Gasteiger partial charge is 0.115 e. The molecule has 18 heavy (non-hydrogen) atoms. The lowest BCUT2D eigenvalue weighted by molar-refractivity contribution is 0.0982. The molecule has 0 spiro atoms. The van der Waals surface area contributed by atoms with Gasteiger partial charge in [0.25, 0.3) is 0 Å². The number of fused-ring (bicyclic) bond motifs is 3. The molecular formula is C15H24N2O. The van der Waals surface area contributed by atoms with E-state index in [9.17, 15) is 0 Å². The summed E-state index contributed by atoms with van der Waals surface area (Å²) in [5.74, 6) is 1.65. The summed E-state index contributed by atoms with van der Waals surface area (Å²) in [5, 5.41) is 0. The normalized spacial score (nSPS) is 43.8. The average Bonchev–Trinajstić information content (AvgIpc) is 2.76. The highest BCUT2D eigenvalue weighted by Gasteiger charge is 2.58. The third kappa shape index (κ3) is 1.50. The summed E-state index contributed by atoms with van der Waals surface area (Å²) in [5.41, 5.74) is 0.362. The molecule has 2 saturated heterocycles. The molecule has 100 valence electrons. The van der Waals surface area contributed by atoms with Gasteiger partial charge in [-0.2, -0.15) is 0 Å². The maximum absolute atomic E-state index is 5.69. The molecule has 0 N–H and O–H groups in total. The van der Waals surface area contributed by atoms with Crippen molar-refractivity contribution in [2.75, 3.05) is 27.2 Å². The molecule has 0 aromatic heterocycles. The van der Waals surface area contributed by atoms with Gasteiger partial charge in [-0.25, -0.2) is 0 Å². The van der Waals surface area contributed by atoms with Gasteiger partial charge in [-0.3, -0.25) is 9.80 Å². The number of nitrogens with zero attached hydrogens (tertiary/aromatic N) is 2. The minimum absolute atomic E-state index is 0.362. The predicted molar refractivity (Wildman–Crippen MR) is 73.0 cm³/mol. The van der Waals surface area contributed by atoms with Gasteiger partial charge >= 0.3 is 0 Å². The van der Waals surface area contributed by atoms with Gasteiger partial charge in [0.1, 0.15) is 5.76 Å². The summed E-state index contributed by atoms with van der Waals surface area (Å²) in [7, 11) is 4.51. The average molecular weight is 248 g/mol. The molecular weight excluding hydrogens is 224 g/mol. The summed E-state index contributed by atoms with van der Waals surface area (Å²) in [4.78, 5) is 5.04. The molecule has 1 aliphatic carbocycles. The van der Waals surface area contributed by atoms with Crippen LogP contribution >= 0.6 is 0 Å². The fraction of sp³-hybridized carbons (Fsp3) is 0.733. The van der Waals surface area contributed by atoms with Crippen molar-refractivity contribution in [3.05, 3.63) is 24.0 Å². The molecule has 0 radical (unpaired) electrons. The molecule has 2 heterocycles. The number of likely N-dealkylation sites (N-methyl/N-ethyl adjacent to an activating group) is 1. The Bertz CT molecular complexity index is 403. The Morgan fingerprint density at radius 3 is 2.94 bits per heavy atom. The SMILES string of the molecule is CCOC1=CC2C(C=C1)N(C)C1N(C)CCC21C. The first-order valence-corrected chi connectivity index (χ1v) is 7.03. The van der Waals surface area contributed by atoms with Crippen LogP contribution in [0.15, 0.2) is 24.0 Å². The van der Waals surface area contributed by atoms with E-state index in [1.807, 2.05) is 0 Å². The van der Waals surface area contributed by atoms with Crippen molar-refractivity contribution in [2.45, 2.75) is 32.5 Å². The van der Waals surface area contributed by atoms with E-state index < -0.39 is 0 Å². The number of rotatable bonds is 2. The highest BCUT2D eigenvalue weighted by atomic mass is 16.5. The van der Waals surface area contributed by atoms with E-state index in [1.165, 1.54) is 13.0 Å². The van der Waals surface area contributed by atoms with Crippen LogP contribution < -0.4 is 0 Å². The zero-order valence-electron chi connectivity index (χ0n) is 11.9. The van der Waals surface area contributed by atoms with Gasteiger partial charge in [0.15, 0.2) is 0 Å². The van der Waals surface area contributed by atoms with Gasteiger partial charge in [-0.1, -0.05) is 13.0 Å². The number of hydrogen-bond acceptors (Lipinski definition) is 3. The molecule has 3 aliphatic rings. The molecule has 0 bridgehead atoms. The van der Waals surface area contributed by atoms with E-state index in [0.717, 1.165) is 12.4 Å². The Balaban J connectivity index is 1.95. The fourth-order valence-electron chi connectivity index (χ4n) is 4.33. The van der Waals surface area contributed by atoms with E-state index in [0.29, 0.717) is 23.5 Å². The van der Waals surface area contributed by atoms with Crippen LogP contribution in [0.2, 0.25) is 0 Å². The maximum Gasteiger partial charge on any atom is 0.115 e. The van der Waals surface area contributed by atoms with Crippen LogP contribution in [0.5, 0.6) is 0 Å². The maximum atomic E-state index is 5.69. The Kier molecular flexibility index (Phi) is 2.79. The first-order valence-electron chi connectivity index (χ1n) is 7.03. The van der Waals surface area contributed by atoms with E-state index >= 15 is 0 Å². The lowest BCUT2D eigenvalue weighted by atomic mass is 9.73. The van der Waals surface area contributed by atoms with Gasteiger partial charge < -0.3 is 4.74 Å². The van der Waals surface area contributed by atoms with Crippen molar-refractivity contribution < 1.29 is 4.74 Å². The van der Waals surface area contributed by atoms with Gasteiger partial charge in [0.2, 0.25) is 0 Å². The van der Waals surface area contributed by atoms with E-state index in [1.54, 1.807) is 0 Å². The van der Waals surface area contributed by atoms with Crippen LogP contribution in [0.3, 0.4) is 0 Å². The molecule has 4 unspecified atom stereocenters. The van der Waals surface area contributed by atoms with Gasteiger partial charge in [0.05, 0.1) is 12.8 Å². The molecule has 3 rings (SSSR count). The van der Waals surface area contributed by atoms with Gasteiger partial charge in [0, 0.05) is 17.4 Å². The molecule has 4 atom stereocenters. The van der Waals surface area contributed by atoms with Crippen molar-refractivity contribution in [3.63, 3.8) is 0 Å². The highest BCUT2D eigenvalue weighted by molar-refractivity contribution is 5.29. The topological polar surface area (TPSA) is 15.7 Å². The number of hydrogen-bond donors (Lipinski definition) is 0. The third-order valence-corrected chi connectivity index (χ3v) is 5.11. The van der Waals surface area contributed by atoms with Crippen LogP contribution in [0.4, 0.5) is 0 Å². The zero-order chi connectivity index (χ0) is 12.9. The first-order chi connectivity index (χ1) is 8.58. The first kappa shape index (κ1) is 12.2. The Hall–Kier alpha value is -0.800. The second kappa shape index (κ2) is 4.10. The summed E-state index contributed by atoms with van der Waals surface area (Å²) >= 11 is 0. The second-order valence-corrected chi connectivity index (χ2v) is 6.15. The molecule has 0 saturated carbocycles. The third-order valence-electron chi connectivity index (χ3n) is 5.11. The second-order valence-electron chi connectivity index (χ2n) is 6.15. The monoisotopic (exact) mass is 248 g/mol. The minimum atomic E-state index is 0.362. The largest absolute Gasteiger partial charge is 0.494 e. The fourth-order valence-corrected chi connectivity index (χ4v) is 4.33. The highest BCUT2D eigenvalue weighted by Crippen LogP contribution is 2.53. The van der Waals surface area contributed by atoms with Crippen molar-refractivity contribution in [2.24, 2.45) is 11.3 Å². The molecule has 0 aromatic rings. The van der Waals surface area contributed by atoms with Gasteiger partial charge in [-0.15, -0.1) is 0 Å². The Morgan fingerprint density at radius 2 is 2.22 bits per heavy atom. The van der Waals surface area contributed by atoms with Crippen molar-refractivity contribution in [3.8, 4) is 0 Å². The van der Waals surface area contributed by atoms with Crippen LogP contribution in [-0.4, -0.2) is 49.3 Å². The summed E-state index contributed by atoms with van der Waals surface area (Å²) in [6.45, 7) is 6.46. The van der Waals surface area contributed by atoms with E-state index in [-0.39, 0.29) is 0 Å². The molecule has 0 amide bonds. The lowest BCUT2D eigenvalue weighted by Gasteiger charge is -2.32. The molecule has 3 nitrogen and oxygen atoms in total.